The Morgan fingerprint density at radius 2 is 2.10 bits per heavy atom. The molecule has 1 unspecified atom stereocenters. The fourth-order valence-corrected chi connectivity index (χ4v) is 1.98. The number of carboxylic acid groups (broad SMARTS) is 1. The number of carbonyl (C=O) groups is 2. The lowest BCUT2D eigenvalue weighted by molar-refractivity contribution is -0.141. The van der Waals surface area contributed by atoms with Crippen LogP contribution in [-0.2, 0) is 11.3 Å². The number of urea groups is 1. The van der Waals surface area contributed by atoms with Crippen LogP contribution in [0.5, 0.6) is 0 Å². The van der Waals surface area contributed by atoms with E-state index in [2.05, 4.69) is 10.6 Å². The molecule has 2 amide bonds. The maximum Gasteiger partial charge on any atom is 0.315 e. The van der Waals surface area contributed by atoms with Crippen LogP contribution in [0.4, 0.5) is 4.79 Å². The molecule has 0 aromatic heterocycles. The van der Waals surface area contributed by atoms with Gasteiger partial charge in [0.25, 0.3) is 0 Å². The van der Waals surface area contributed by atoms with Crippen molar-refractivity contribution in [3.05, 3.63) is 34.9 Å². The second-order valence-corrected chi connectivity index (χ2v) is 4.95. The third-order valence-corrected chi connectivity index (χ3v) is 3.07. The molecule has 0 aliphatic carbocycles. The molecule has 0 radical (unpaired) electrons. The average molecular weight is 299 g/mol. The topological polar surface area (TPSA) is 78.4 Å². The van der Waals surface area contributed by atoms with Crippen molar-refractivity contribution in [3.8, 4) is 0 Å². The Hall–Kier alpha value is -1.75. The maximum atomic E-state index is 11.6. The molecule has 5 nitrogen and oxygen atoms in total. The van der Waals surface area contributed by atoms with Gasteiger partial charge in [-0.1, -0.05) is 37.1 Å². The molecule has 1 rings (SSSR count). The van der Waals surface area contributed by atoms with Gasteiger partial charge in [0.1, 0.15) is 0 Å². The van der Waals surface area contributed by atoms with E-state index in [4.69, 9.17) is 16.7 Å². The average Bonchev–Trinajstić information content (AvgIpc) is 2.41. The Morgan fingerprint density at radius 3 is 2.70 bits per heavy atom. The molecule has 1 aromatic carbocycles. The van der Waals surface area contributed by atoms with Crippen LogP contribution in [0.1, 0.15) is 25.3 Å². The number of amides is 2. The highest BCUT2D eigenvalue weighted by Gasteiger charge is 2.16. The van der Waals surface area contributed by atoms with Crippen molar-refractivity contribution < 1.29 is 14.7 Å². The van der Waals surface area contributed by atoms with Crippen molar-refractivity contribution in [2.45, 2.75) is 26.3 Å². The summed E-state index contributed by atoms with van der Waals surface area (Å²) in [6.45, 7) is 2.39. The summed E-state index contributed by atoms with van der Waals surface area (Å²) < 4.78 is 0. The van der Waals surface area contributed by atoms with Crippen molar-refractivity contribution >= 4 is 23.6 Å². The lowest BCUT2D eigenvalue weighted by Gasteiger charge is -2.13. The number of rotatable bonds is 7. The standard InChI is InChI=1S/C14H19ClN2O3/c1-2-4-11(13(18)19)9-17-14(20)16-8-10-5-3-6-12(15)7-10/h3,5-7,11H,2,4,8-9H2,1H3,(H,18,19)(H2,16,17,20). The van der Waals surface area contributed by atoms with Crippen LogP contribution in [0.3, 0.4) is 0 Å². The first-order valence-corrected chi connectivity index (χ1v) is 6.89. The minimum atomic E-state index is -0.887. The van der Waals surface area contributed by atoms with E-state index in [9.17, 15) is 9.59 Å². The summed E-state index contributed by atoms with van der Waals surface area (Å²) >= 11 is 5.84. The quantitative estimate of drug-likeness (QED) is 0.724. The van der Waals surface area contributed by atoms with Crippen molar-refractivity contribution in [1.82, 2.24) is 10.6 Å². The number of carbonyl (C=O) groups excluding carboxylic acids is 1. The molecule has 0 aliphatic rings. The number of halogens is 1. The van der Waals surface area contributed by atoms with Crippen molar-refractivity contribution in [3.63, 3.8) is 0 Å². The molecular weight excluding hydrogens is 280 g/mol. The van der Waals surface area contributed by atoms with E-state index >= 15 is 0 Å². The van der Waals surface area contributed by atoms with Gasteiger partial charge in [0.15, 0.2) is 0 Å². The molecule has 0 spiro atoms. The molecule has 0 saturated carbocycles. The van der Waals surface area contributed by atoms with Gasteiger partial charge in [-0.2, -0.15) is 0 Å². The Labute approximate surface area is 123 Å². The first-order chi connectivity index (χ1) is 9.52. The summed E-state index contributed by atoms with van der Waals surface area (Å²) in [5.74, 6) is -1.43. The van der Waals surface area contributed by atoms with Crippen molar-refractivity contribution in [2.24, 2.45) is 5.92 Å². The van der Waals surface area contributed by atoms with Crippen molar-refractivity contribution in [1.29, 1.82) is 0 Å². The zero-order chi connectivity index (χ0) is 15.0. The Kier molecular flexibility index (Phi) is 6.87. The minimum Gasteiger partial charge on any atom is -0.481 e. The van der Waals surface area contributed by atoms with E-state index in [1.54, 1.807) is 18.2 Å². The molecule has 0 heterocycles. The van der Waals surface area contributed by atoms with Gasteiger partial charge in [0.05, 0.1) is 5.92 Å². The predicted octanol–water partition coefficient (Wildman–Crippen LogP) is 2.64. The first-order valence-electron chi connectivity index (χ1n) is 6.52. The van der Waals surface area contributed by atoms with Crippen LogP contribution in [0.15, 0.2) is 24.3 Å². The Balaban J connectivity index is 2.34. The first kappa shape index (κ1) is 16.3. The zero-order valence-corrected chi connectivity index (χ0v) is 12.1. The number of hydrogen-bond acceptors (Lipinski definition) is 2. The van der Waals surface area contributed by atoms with Crippen LogP contribution < -0.4 is 10.6 Å². The SMILES string of the molecule is CCCC(CNC(=O)NCc1cccc(Cl)c1)C(=O)O. The van der Waals surface area contributed by atoms with Crippen LogP contribution in [0.2, 0.25) is 5.02 Å². The third-order valence-electron chi connectivity index (χ3n) is 2.84. The Morgan fingerprint density at radius 1 is 1.35 bits per heavy atom. The summed E-state index contributed by atoms with van der Waals surface area (Å²) in [6, 6.07) is 6.79. The number of aliphatic carboxylic acids is 1. The van der Waals surface area contributed by atoms with Crippen LogP contribution in [0.25, 0.3) is 0 Å². The number of benzene rings is 1. The highest BCUT2D eigenvalue weighted by molar-refractivity contribution is 6.30. The largest absolute Gasteiger partial charge is 0.481 e. The highest BCUT2D eigenvalue weighted by Crippen LogP contribution is 2.10. The Bertz CT molecular complexity index is 465. The molecule has 1 aromatic rings. The zero-order valence-electron chi connectivity index (χ0n) is 11.4. The summed E-state index contributed by atoms with van der Waals surface area (Å²) in [6.07, 6.45) is 1.31. The van der Waals surface area contributed by atoms with Gasteiger partial charge in [-0.25, -0.2) is 4.79 Å². The van der Waals surface area contributed by atoms with Gasteiger partial charge < -0.3 is 15.7 Å². The molecule has 110 valence electrons. The van der Waals surface area contributed by atoms with E-state index in [0.29, 0.717) is 18.0 Å². The fourth-order valence-electron chi connectivity index (χ4n) is 1.77. The van der Waals surface area contributed by atoms with Crippen LogP contribution >= 0.6 is 11.6 Å². The van der Waals surface area contributed by atoms with Gasteiger partial charge in [-0.15, -0.1) is 0 Å². The number of hydrogen-bond donors (Lipinski definition) is 3. The molecule has 1 atom stereocenters. The summed E-state index contributed by atoms with van der Waals surface area (Å²) in [5.41, 5.74) is 0.885. The number of nitrogens with one attached hydrogen (secondary N) is 2. The molecule has 0 bridgehead atoms. The fraction of sp³-hybridized carbons (Fsp3) is 0.429. The summed E-state index contributed by atoms with van der Waals surface area (Å²) in [4.78, 5) is 22.5. The second-order valence-electron chi connectivity index (χ2n) is 4.52. The smallest absolute Gasteiger partial charge is 0.315 e. The van der Waals surface area contributed by atoms with Crippen LogP contribution in [0, 0.1) is 5.92 Å². The normalized spacial score (nSPS) is 11.7. The van der Waals surface area contributed by atoms with E-state index in [1.807, 2.05) is 13.0 Å². The van der Waals surface area contributed by atoms with E-state index in [1.165, 1.54) is 0 Å². The maximum absolute atomic E-state index is 11.6. The molecule has 20 heavy (non-hydrogen) atoms. The summed E-state index contributed by atoms with van der Waals surface area (Å²) in [7, 11) is 0. The van der Waals surface area contributed by atoms with Crippen LogP contribution in [-0.4, -0.2) is 23.7 Å². The molecule has 0 fully saturated rings. The predicted molar refractivity (Wildman–Crippen MR) is 77.7 cm³/mol. The molecular formula is C14H19ClN2O3. The van der Waals surface area contributed by atoms with E-state index in [-0.39, 0.29) is 12.6 Å². The third kappa shape index (κ3) is 5.93. The van der Waals surface area contributed by atoms with E-state index in [0.717, 1.165) is 12.0 Å². The van der Waals surface area contributed by atoms with Gasteiger partial charge in [-0.05, 0) is 24.1 Å². The highest BCUT2D eigenvalue weighted by atomic mass is 35.5. The van der Waals surface area contributed by atoms with Gasteiger partial charge in [0, 0.05) is 18.1 Å². The number of carboxylic acids is 1. The van der Waals surface area contributed by atoms with Gasteiger partial charge in [0.2, 0.25) is 0 Å². The summed E-state index contributed by atoms with van der Waals surface area (Å²) in [5, 5.41) is 14.8. The molecule has 0 saturated heterocycles. The minimum absolute atomic E-state index is 0.130. The van der Waals surface area contributed by atoms with Gasteiger partial charge >= 0.3 is 12.0 Å². The lowest BCUT2D eigenvalue weighted by Crippen LogP contribution is -2.39. The van der Waals surface area contributed by atoms with E-state index < -0.39 is 11.9 Å². The monoisotopic (exact) mass is 298 g/mol. The van der Waals surface area contributed by atoms with Gasteiger partial charge in [-0.3, -0.25) is 4.79 Å². The lowest BCUT2D eigenvalue weighted by atomic mass is 10.0. The molecule has 3 N–H and O–H groups in total. The van der Waals surface area contributed by atoms with Crippen molar-refractivity contribution in [2.75, 3.05) is 6.54 Å². The molecule has 6 heteroatoms. The molecule has 0 aliphatic heterocycles. The second kappa shape index (κ2) is 8.43.